The molecule has 0 amide bonds. The van der Waals surface area contributed by atoms with Crippen LogP contribution in [-0.2, 0) is 4.74 Å². The average molecular weight is 171 g/mol. The van der Waals surface area contributed by atoms with E-state index in [-0.39, 0.29) is 0 Å². The minimum absolute atomic E-state index is 0.377. The van der Waals surface area contributed by atoms with Crippen molar-refractivity contribution in [2.45, 2.75) is 52.4 Å². The van der Waals surface area contributed by atoms with Crippen LogP contribution in [0.3, 0.4) is 0 Å². The molecule has 1 heterocycles. The summed E-state index contributed by atoms with van der Waals surface area (Å²) in [6.45, 7) is 11.0. The Bertz CT molecular complexity index is 134. The number of likely N-dealkylation sites (tertiary alicyclic amines) is 1. The fourth-order valence-electron chi connectivity index (χ4n) is 1.72. The predicted octanol–water partition coefficient (Wildman–Crippen LogP) is 1.89. The Balaban J connectivity index is 2.26. The molecule has 0 aliphatic carbocycles. The van der Waals surface area contributed by atoms with Gasteiger partial charge in [-0.05, 0) is 34.1 Å². The van der Waals surface area contributed by atoms with Crippen molar-refractivity contribution < 1.29 is 4.74 Å². The number of hydrogen-bond acceptors (Lipinski definition) is 2. The van der Waals surface area contributed by atoms with E-state index in [1.807, 2.05) is 0 Å². The van der Waals surface area contributed by atoms with Gasteiger partial charge >= 0.3 is 0 Å². The van der Waals surface area contributed by atoms with Gasteiger partial charge in [0, 0.05) is 19.1 Å². The molecule has 0 unspecified atom stereocenters. The largest absolute Gasteiger partial charge is 0.374 e. The highest BCUT2D eigenvalue weighted by atomic mass is 16.5. The van der Waals surface area contributed by atoms with Gasteiger partial charge in [0.2, 0.25) is 0 Å². The third-order valence-electron chi connectivity index (χ3n) is 2.37. The number of nitrogens with zero attached hydrogens (tertiary/aromatic N) is 1. The average Bonchev–Trinajstić information content (AvgIpc) is 2.34. The Morgan fingerprint density at radius 3 is 2.33 bits per heavy atom. The summed E-state index contributed by atoms with van der Waals surface area (Å²) in [4.78, 5) is 2.48. The third-order valence-corrected chi connectivity index (χ3v) is 2.37. The van der Waals surface area contributed by atoms with Gasteiger partial charge < -0.3 is 4.74 Å². The van der Waals surface area contributed by atoms with Gasteiger partial charge in [-0.15, -0.1) is 0 Å². The van der Waals surface area contributed by atoms with Gasteiger partial charge in [-0.2, -0.15) is 0 Å². The van der Waals surface area contributed by atoms with Gasteiger partial charge in [-0.1, -0.05) is 0 Å². The summed E-state index contributed by atoms with van der Waals surface area (Å²) in [6, 6.07) is 0.672. The van der Waals surface area contributed by atoms with Crippen molar-refractivity contribution in [3.05, 3.63) is 0 Å². The fourth-order valence-corrected chi connectivity index (χ4v) is 1.72. The van der Waals surface area contributed by atoms with E-state index in [2.05, 4.69) is 32.6 Å². The van der Waals surface area contributed by atoms with Crippen LogP contribution in [-0.4, -0.2) is 36.2 Å². The molecule has 0 radical (unpaired) electrons. The molecule has 1 saturated heterocycles. The Morgan fingerprint density at radius 1 is 1.25 bits per heavy atom. The van der Waals surface area contributed by atoms with E-state index in [0.29, 0.717) is 18.2 Å². The van der Waals surface area contributed by atoms with E-state index in [1.165, 1.54) is 13.0 Å². The first-order valence-corrected chi connectivity index (χ1v) is 4.99. The van der Waals surface area contributed by atoms with Crippen LogP contribution in [0, 0.1) is 0 Å². The van der Waals surface area contributed by atoms with Gasteiger partial charge in [0.15, 0.2) is 0 Å². The molecule has 0 aromatic carbocycles. The molecule has 72 valence electrons. The molecule has 0 aromatic heterocycles. The molecule has 1 atom stereocenters. The summed E-state index contributed by atoms with van der Waals surface area (Å²) in [7, 11) is 0. The van der Waals surface area contributed by atoms with Crippen LogP contribution in [0.15, 0.2) is 0 Å². The number of rotatable bonds is 3. The van der Waals surface area contributed by atoms with E-state index >= 15 is 0 Å². The first kappa shape index (κ1) is 10.0. The standard InChI is InChI=1S/C10H21NO/c1-8(2)11-6-5-10(7-11)12-9(3)4/h8-10H,5-7H2,1-4H3/t10-/m1/s1. The van der Waals surface area contributed by atoms with Crippen LogP contribution in [0.5, 0.6) is 0 Å². The Labute approximate surface area is 75.9 Å². The zero-order chi connectivity index (χ0) is 9.14. The molecular formula is C10H21NO. The lowest BCUT2D eigenvalue weighted by Crippen LogP contribution is -2.30. The van der Waals surface area contributed by atoms with Crippen molar-refractivity contribution in [2.75, 3.05) is 13.1 Å². The Morgan fingerprint density at radius 2 is 1.92 bits per heavy atom. The minimum atomic E-state index is 0.377. The molecule has 1 aliphatic heterocycles. The van der Waals surface area contributed by atoms with Crippen molar-refractivity contribution in [1.29, 1.82) is 0 Å². The van der Waals surface area contributed by atoms with Crippen molar-refractivity contribution in [1.82, 2.24) is 4.90 Å². The minimum Gasteiger partial charge on any atom is -0.374 e. The van der Waals surface area contributed by atoms with E-state index < -0.39 is 0 Å². The molecule has 1 rings (SSSR count). The zero-order valence-corrected chi connectivity index (χ0v) is 8.71. The summed E-state index contributed by atoms with van der Waals surface area (Å²) in [6.07, 6.45) is 2.06. The zero-order valence-electron chi connectivity index (χ0n) is 8.71. The van der Waals surface area contributed by atoms with Crippen molar-refractivity contribution in [3.8, 4) is 0 Å². The molecule has 0 aromatic rings. The normalized spacial score (nSPS) is 26.0. The fraction of sp³-hybridized carbons (Fsp3) is 1.00. The summed E-state index contributed by atoms with van der Waals surface area (Å²) in [5.74, 6) is 0. The molecule has 0 bridgehead atoms. The quantitative estimate of drug-likeness (QED) is 0.643. The van der Waals surface area contributed by atoms with Crippen LogP contribution >= 0.6 is 0 Å². The maximum absolute atomic E-state index is 5.75. The lowest BCUT2D eigenvalue weighted by molar-refractivity contribution is 0.0124. The molecule has 1 fully saturated rings. The van der Waals surface area contributed by atoms with Crippen LogP contribution in [0.25, 0.3) is 0 Å². The second kappa shape index (κ2) is 4.24. The summed E-state index contributed by atoms with van der Waals surface area (Å²) < 4.78 is 5.75. The lowest BCUT2D eigenvalue weighted by Gasteiger charge is -2.20. The van der Waals surface area contributed by atoms with Crippen LogP contribution < -0.4 is 0 Å². The predicted molar refractivity (Wildman–Crippen MR) is 51.3 cm³/mol. The molecule has 0 spiro atoms. The first-order valence-electron chi connectivity index (χ1n) is 4.99. The molecular weight excluding hydrogens is 150 g/mol. The number of ether oxygens (including phenoxy) is 1. The highest BCUT2D eigenvalue weighted by Crippen LogP contribution is 2.16. The Kier molecular flexibility index (Phi) is 3.53. The summed E-state index contributed by atoms with van der Waals surface area (Å²) in [5, 5.41) is 0. The van der Waals surface area contributed by atoms with E-state index in [1.54, 1.807) is 0 Å². The van der Waals surface area contributed by atoms with Gasteiger partial charge in [0.25, 0.3) is 0 Å². The second-order valence-corrected chi connectivity index (χ2v) is 4.18. The SMILES string of the molecule is CC(C)O[C@@H]1CCN(C(C)C)C1. The maximum atomic E-state index is 5.75. The van der Waals surface area contributed by atoms with Crippen LogP contribution in [0.1, 0.15) is 34.1 Å². The summed E-state index contributed by atoms with van der Waals surface area (Å²) >= 11 is 0. The van der Waals surface area contributed by atoms with Crippen LogP contribution in [0.4, 0.5) is 0 Å². The van der Waals surface area contributed by atoms with E-state index in [9.17, 15) is 0 Å². The molecule has 2 heteroatoms. The van der Waals surface area contributed by atoms with Gasteiger partial charge in [0.05, 0.1) is 12.2 Å². The van der Waals surface area contributed by atoms with Crippen molar-refractivity contribution >= 4 is 0 Å². The van der Waals surface area contributed by atoms with Gasteiger partial charge in [0.1, 0.15) is 0 Å². The van der Waals surface area contributed by atoms with E-state index in [0.717, 1.165) is 6.54 Å². The molecule has 0 N–H and O–H groups in total. The monoisotopic (exact) mass is 171 g/mol. The highest BCUT2D eigenvalue weighted by Gasteiger charge is 2.24. The summed E-state index contributed by atoms with van der Waals surface area (Å²) in [5.41, 5.74) is 0. The lowest BCUT2D eigenvalue weighted by atomic mass is 10.3. The smallest absolute Gasteiger partial charge is 0.0717 e. The Hall–Kier alpha value is -0.0800. The number of hydrogen-bond donors (Lipinski definition) is 0. The van der Waals surface area contributed by atoms with Crippen molar-refractivity contribution in [2.24, 2.45) is 0 Å². The third kappa shape index (κ3) is 2.76. The maximum Gasteiger partial charge on any atom is 0.0717 e. The van der Waals surface area contributed by atoms with E-state index in [4.69, 9.17) is 4.74 Å². The molecule has 2 nitrogen and oxygen atoms in total. The topological polar surface area (TPSA) is 12.5 Å². The second-order valence-electron chi connectivity index (χ2n) is 4.18. The molecule has 0 saturated carbocycles. The van der Waals surface area contributed by atoms with Crippen molar-refractivity contribution in [3.63, 3.8) is 0 Å². The van der Waals surface area contributed by atoms with Gasteiger partial charge in [-0.25, -0.2) is 0 Å². The highest BCUT2D eigenvalue weighted by molar-refractivity contribution is 4.78. The first-order chi connectivity index (χ1) is 5.59. The molecule has 1 aliphatic rings. The molecule has 12 heavy (non-hydrogen) atoms. The van der Waals surface area contributed by atoms with Crippen LogP contribution in [0.2, 0.25) is 0 Å². The van der Waals surface area contributed by atoms with Gasteiger partial charge in [-0.3, -0.25) is 4.90 Å².